The molecule has 0 aliphatic heterocycles. The summed E-state index contributed by atoms with van der Waals surface area (Å²) in [4.78, 5) is 0. The Kier molecular flexibility index (Phi) is 4.25. The lowest BCUT2D eigenvalue weighted by atomic mass is 10.1. The molecule has 0 aromatic heterocycles. The van der Waals surface area contributed by atoms with E-state index in [2.05, 4.69) is 22.6 Å². The Morgan fingerprint density at radius 2 is 1.89 bits per heavy atom. The topological polar surface area (TPSA) is 29.5 Å². The SMILES string of the molecule is COc1cccc(C=Cc2cccc(O)c2I)c1. The minimum atomic E-state index is 0.309. The lowest BCUT2D eigenvalue weighted by Gasteiger charge is -2.02. The first-order valence-corrected chi connectivity index (χ1v) is 6.58. The van der Waals surface area contributed by atoms with E-state index in [-0.39, 0.29) is 0 Å². The van der Waals surface area contributed by atoms with Crippen molar-refractivity contribution in [2.45, 2.75) is 0 Å². The van der Waals surface area contributed by atoms with Crippen molar-refractivity contribution in [3.05, 3.63) is 57.2 Å². The van der Waals surface area contributed by atoms with Crippen LogP contribution >= 0.6 is 22.6 Å². The third-order valence-corrected chi connectivity index (χ3v) is 3.73. The molecule has 2 aromatic carbocycles. The van der Waals surface area contributed by atoms with E-state index in [1.165, 1.54) is 0 Å². The quantitative estimate of drug-likeness (QED) is 0.664. The van der Waals surface area contributed by atoms with Crippen molar-refractivity contribution in [2.75, 3.05) is 7.11 Å². The van der Waals surface area contributed by atoms with Crippen molar-refractivity contribution in [1.29, 1.82) is 0 Å². The minimum Gasteiger partial charge on any atom is -0.507 e. The largest absolute Gasteiger partial charge is 0.507 e. The zero-order valence-corrected chi connectivity index (χ0v) is 12.1. The van der Waals surface area contributed by atoms with Crippen LogP contribution in [0.15, 0.2) is 42.5 Å². The van der Waals surface area contributed by atoms with Crippen molar-refractivity contribution < 1.29 is 9.84 Å². The first kappa shape index (κ1) is 13.0. The molecule has 0 spiro atoms. The van der Waals surface area contributed by atoms with Crippen LogP contribution in [0.5, 0.6) is 11.5 Å². The zero-order chi connectivity index (χ0) is 13.0. The normalized spacial score (nSPS) is 10.8. The molecule has 0 heterocycles. The average Bonchev–Trinajstić information content (AvgIpc) is 2.41. The van der Waals surface area contributed by atoms with Gasteiger partial charge in [-0.3, -0.25) is 0 Å². The summed E-state index contributed by atoms with van der Waals surface area (Å²) in [5, 5.41) is 9.62. The number of benzene rings is 2. The van der Waals surface area contributed by atoms with Crippen molar-refractivity contribution >= 4 is 34.7 Å². The predicted octanol–water partition coefficient (Wildman–Crippen LogP) is 4.18. The van der Waals surface area contributed by atoms with Gasteiger partial charge in [0.1, 0.15) is 11.5 Å². The first-order valence-electron chi connectivity index (χ1n) is 5.50. The van der Waals surface area contributed by atoms with Crippen LogP contribution in [0.3, 0.4) is 0 Å². The third kappa shape index (κ3) is 3.04. The summed E-state index contributed by atoms with van der Waals surface area (Å²) in [6.45, 7) is 0. The molecule has 2 rings (SSSR count). The second-order valence-corrected chi connectivity index (χ2v) is 4.87. The van der Waals surface area contributed by atoms with Gasteiger partial charge in [0.05, 0.1) is 10.7 Å². The van der Waals surface area contributed by atoms with Gasteiger partial charge in [0.15, 0.2) is 0 Å². The molecule has 0 saturated carbocycles. The third-order valence-electron chi connectivity index (χ3n) is 2.56. The summed E-state index contributed by atoms with van der Waals surface area (Å²) >= 11 is 2.14. The van der Waals surface area contributed by atoms with Gasteiger partial charge in [-0.2, -0.15) is 0 Å². The summed E-state index contributed by atoms with van der Waals surface area (Å²) in [6, 6.07) is 13.3. The van der Waals surface area contributed by atoms with Gasteiger partial charge in [-0.15, -0.1) is 0 Å². The fourth-order valence-electron chi connectivity index (χ4n) is 1.60. The van der Waals surface area contributed by atoms with E-state index in [0.29, 0.717) is 5.75 Å². The molecule has 2 aromatic rings. The number of aromatic hydroxyl groups is 1. The van der Waals surface area contributed by atoms with Gasteiger partial charge >= 0.3 is 0 Å². The molecular formula is C15H13IO2. The fourth-order valence-corrected chi connectivity index (χ4v) is 2.14. The molecule has 0 unspecified atom stereocenters. The second kappa shape index (κ2) is 5.91. The number of rotatable bonds is 3. The second-order valence-electron chi connectivity index (χ2n) is 3.79. The van der Waals surface area contributed by atoms with Crippen molar-refractivity contribution in [3.8, 4) is 11.5 Å². The fraction of sp³-hybridized carbons (Fsp3) is 0.0667. The highest BCUT2D eigenvalue weighted by Gasteiger charge is 2.00. The molecule has 0 radical (unpaired) electrons. The maximum absolute atomic E-state index is 9.62. The Labute approximate surface area is 120 Å². The van der Waals surface area contributed by atoms with E-state index < -0.39 is 0 Å². The molecular weight excluding hydrogens is 339 g/mol. The van der Waals surface area contributed by atoms with Crippen molar-refractivity contribution in [3.63, 3.8) is 0 Å². The van der Waals surface area contributed by atoms with Gasteiger partial charge in [-0.1, -0.05) is 36.4 Å². The highest BCUT2D eigenvalue weighted by atomic mass is 127. The number of hydrogen-bond acceptors (Lipinski definition) is 2. The molecule has 0 aliphatic rings. The average molecular weight is 352 g/mol. The number of hydrogen-bond donors (Lipinski definition) is 1. The first-order chi connectivity index (χ1) is 8.70. The maximum atomic E-state index is 9.62. The molecule has 0 bridgehead atoms. The number of phenols is 1. The van der Waals surface area contributed by atoms with Crippen LogP contribution in [0.25, 0.3) is 12.2 Å². The number of halogens is 1. The van der Waals surface area contributed by atoms with Crippen LogP contribution in [0, 0.1) is 3.57 Å². The van der Waals surface area contributed by atoms with E-state index in [1.807, 2.05) is 48.6 Å². The lowest BCUT2D eigenvalue weighted by Crippen LogP contribution is -1.83. The Morgan fingerprint density at radius 1 is 1.11 bits per heavy atom. The molecule has 0 saturated heterocycles. The summed E-state index contributed by atoms with van der Waals surface area (Å²) in [5.74, 6) is 1.14. The van der Waals surface area contributed by atoms with Crippen molar-refractivity contribution in [1.82, 2.24) is 0 Å². The van der Waals surface area contributed by atoms with Crippen molar-refractivity contribution in [2.24, 2.45) is 0 Å². The minimum absolute atomic E-state index is 0.309. The molecule has 3 heteroatoms. The molecule has 0 fully saturated rings. The molecule has 0 amide bonds. The molecule has 1 N–H and O–H groups in total. The van der Waals surface area contributed by atoms with Crippen LogP contribution in [0.2, 0.25) is 0 Å². The van der Waals surface area contributed by atoms with Gasteiger partial charge in [-0.25, -0.2) is 0 Å². The number of methoxy groups -OCH3 is 1. The van der Waals surface area contributed by atoms with Gasteiger partial charge in [0, 0.05) is 0 Å². The van der Waals surface area contributed by atoms with Crippen LogP contribution in [-0.2, 0) is 0 Å². The van der Waals surface area contributed by atoms with Crippen LogP contribution in [0.1, 0.15) is 11.1 Å². The number of ether oxygens (including phenoxy) is 1. The Balaban J connectivity index is 2.27. The summed E-state index contributed by atoms with van der Waals surface area (Å²) in [7, 11) is 1.65. The van der Waals surface area contributed by atoms with E-state index in [1.54, 1.807) is 13.2 Å². The van der Waals surface area contributed by atoms with Crippen LogP contribution < -0.4 is 4.74 Å². The highest BCUT2D eigenvalue weighted by Crippen LogP contribution is 2.24. The van der Waals surface area contributed by atoms with Gasteiger partial charge in [0.2, 0.25) is 0 Å². The van der Waals surface area contributed by atoms with E-state index in [9.17, 15) is 5.11 Å². The Bertz CT molecular complexity index is 576. The Morgan fingerprint density at radius 3 is 2.67 bits per heavy atom. The monoisotopic (exact) mass is 352 g/mol. The summed E-state index contributed by atoms with van der Waals surface area (Å²) < 4.78 is 6.03. The van der Waals surface area contributed by atoms with Gasteiger partial charge in [-0.05, 0) is 51.9 Å². The summed E-state index contributed by atoms with van der Waals surface area (Å²) in [5.41, 5.74) is 2.06. The van der Waals surface area contributed by atoms with Crippen LogP contribution in [-0.4, -0.2) is 12.2 Å². The van der Waals surface area contributed by atoms with Gasteiger partial charge < -0.3 is 9.84 Å². The van der Waals surface area contributed by atoms with Gasteiger partial charge in [0.25, 0.3) is 0 Å². The molecule has 2 nitrogen and oxygen atoms in total. The lowest BCUT2D eigenvalue weighted by molar-refractivity contribution is 0.414. The van der Waals surface area contributed by atoms with E-state index >= 15 is 0 Å². The summed E-state index contributed by atoms with van der Waals surface area (Å²) in [6.07, 6.45) is 3.98. The molecule has 92 valence electrons. The standard InChI is InChI=1S/C15H13IO2/c1-18-13-6-2-4-11(10-13)8-9-12-5-3-7-14(17)15(12)16/h2-10,17H,1H3. The van der Waals surface area contributed by atoms with E-state index in [0.717, 1.165) is 20.4 Å². The Hall–Kier alpha value is -1.49. The zero-order valence-electron chi connectivity index (χ0n) is 9.93. The molecule has 0 aliphatic carbocycles. The molecule has 18 heavy (non-hydrogen) atoms. The van der Waals surface area contributed by atoms with E-state index in [4.69, 9.17) is 4.74 Å². The predicted molar refractivity (Wildman–Crippen MR) is 82.7 cm³/mol. The maximum Gasteiger partial charge on any atom is 0.129 e. The number of phenolic OH excluding ortho intramolecular Hbond substituents is 1. The highest BCUT2D eigenvalue weighted by molar-refractivity contribution is 14.1. The van der Waals surface area contributed by atoms with Crippen LogP contribution in [0.4, 0.5) is 0 Å². The smallest absolute Gasteiger partial charge is 0.129 e. The molecule has 0 atom stereocenters.